The van der Waals surface area contributed by atoms with Crippen molar-refractivity contribution in [1.29, 1.82) is 0 Å². The Morgan fingerprint density at radius 2 is 1.77 bits per heavy atom. The summed E-state index contributed by atoms with van der Waals surface area (Å²) < 4.78 is 37.1. The topological polar surface area (TPSA) is 0 Å². The Bertz CT molecular complexity index is 361. The highest BCUT2D eigenvalue weighted by Gasteiger charge is 2.37. The maximum Gasteiger partial charge on any atom is 0.416 e. The first kappa shape index (κ1) is 8.35. The molecular formula is C10H7F3. The predicted octanol–water partition coefficient (Wildman–Crippen LogP) is 3.19. The molecule has 0 atom stereocenters. The van der Waals surface area contributed by atoms with Crippen molar-refractivity contribution in [3.8, 4) is 0 Å². The molecule has 3 heteroatoms. The Hall–Kier alpha value is -1.25. The highest BCUT2D eigenvalue weighted by Crippen LogP contribution is 2.39. The summed E-state index contributed by atoms with van der Waals surface area (Å²) in [5.41, 5.74) is 0.591. The van der Waals surface area contributed by atoms with E-state index in [1.807, 2.05) is 0 Å². The van der Waals surface area contributed by atoms with Crippen LogP contribution in [0.4, 0.5) is 13.2 Å². The van der Waals surface area contributed by atoms with Crippen LogP contribution in [-0.2, 0) is 6.42 Å². The molecule has 0 spiro atoms. The van der Waals surface area contributed by atoms with Crippen molar-refractivity contribution in [2.75, 3.05) is 0 Å². The quantitative estimate of drug-likeness (QED) is 0.580. The summed E-state index contributed by atoms with van der Waals surface area (Å²) in [5, 5.41) is 0. The van der Waals surface area contributed by atoms with E-state index >= 15 is 0 Å². The largest absolute Gasteiger partial charge is 0.416 e. The number of benzene rings is 1. The van der Waals surface area contributed by atoms with Crippen LogP contribution in [0.15, 0.2) is 30.3 Å². The lowest BCUT2D eigenvalue weighted by Gasteiger charge is -2.08. The van der Waals surface area contributed by atoms with Gasteiger partial charge in [0, 0.05) is 0 Å². The summed E-state index contributed by atoms with van der Waals surface area (Å²) in [5.74, 6) is 0. The van der Waals surface area contributed by atoms with Crippen molar-refractivity contribution in [3.63, 3.8) is 0 Å². The lowest BCUT2D eigenvalue weighted by molar-refractivity contribution is -0.0687. The molecule has 1 aromatic carbocycles. The predicted molar refractivity (Wildman–Crippen MR) is 44.2 cm³/mol. The molecule has 1 aliphatic rings. The van der Waals surface area contributed by atoms with Gasteiger partial charge in [-0.2, -0.15) is 13.2 Å². The Morgan fingerprint density at radius 1 is 1.08 bits per heavy atom. The fourth-order valence-electron chi connectivity index (χ4n) is 1.55. The summed E-state index contributed by atoms with van der Waals surface area (Å²) in [4.78, 5) is 0. The first-order valence-electron chi connectivity index (χ1n) is 3.94. The molecule has 0 saturated heterocycles. The van der Waals surface area contributed by atoms with E-state index in [9.17, 15) is 13.2 Å². The second-order valence-corrected chi connectivity index (χ2v) is 2.98. The SMILES string of the molecule is FC(F)(F)C1=CCc2ccccc21. The number of hydrogen-bond acceptors (Lipinski definition) is 0. The van der Waals surface area contributed by atoms with Crippen molar-refractivity contribution in [2.45, 2.75) is 12.6 Å². The third-order valence-electron chi connectivity index (χ3n) is 2.14. The van der Waals surface area contributed by atoms with E-state index in [0.29, 0.717) is 12.0 Å². The van der Waals surface area contributed by atoms with Gasteiger partial charge in [0.05, 0.1) is 5.57 Å². The van der Waals surface area contributed by atoms with Gasteiger partial charge < -0.3 is 0 Å². The maximum atomic E-state index is 12.4. The molecule has 0 radical (unpaired) electrons. The molecule has 0 unspecified atom stereocenters. The normalized spacial score (nSPS) is 15.5. The zero-order chi connectivity index (χ0) is 9.47. The zero-order valence-corrected chi connectivity index (χ0v) is 6.73. The lowest BCUT2D eigenvalue weighted by Crippen LogP contribution is -2.09. The summed E-state index contributed by atoms with van der Waals surface area (Å²) in [6, 6.07) is 6.63. The molecule has 2 rings (SSSR count). The average molecular weight is 184 g/mol. The van der Waals surface area contributed by atoms with Crippen LogP contribution in [0.25, 0.3) is 5.57 Å². The van der Waals surface area contributed by atoms with E-state index in [4.69, 9.17) is 0 Å². The van der Waals surface area contributed by atoms with Gasteiger partial charge in [-0.05, 0) is 17.5 Å². The van der Waals surface area contributed by atoms with Crippen LogP contribution in [0.2, 0.25) is 0 Å². The Labute approximate surface area is 73.7 Å². The van der Waals surface area contributed by atoms with Crippen LogP contribution >= 0.6 is 0 Å². The number of fused-ring (bicyclic) bond motifs is 1. The molecule has 0 saturated carbocycles. The van der Waals surface area contributed by atoms with E-state index in [-0.39, 0.29) is 0 Å². The lowest BCUT2D eigenvalue weighted by atomic mass is 10.1. The second-order valence-electron chi connectivity index (χ2n) is 2.98. The number of alkyl halides is 3. The van der Waals surface area contributed by atoms with Crippen molar-refractivity contribution in [3.05, 3.63) is 41.5 Å². The van der Waals surface area contributed by atoms with Crippen molar-refractivity contribution in [1.82, 2.24) is 0 Å². The highest BCUT2D eigenvalue weighted by molar-refractivity contribution is 5.76. The minimum atomic E-state index is -4.22. The molecule has 0 fully saturated rings. The first-order valence-corrected chi connectivity index (χ1v) is 3.94. The first-order chi connectivity index (χ1) is 6.09. The third kappa shape index (κ3) is 1.34. The fraction of sp³-hybridized carbons (Fsp3) is 0.200. The third-order valence-corrected chi connectivity index (χ3v) is 2.14. The van der Waals surface area contributed by atoms with E-state index in [2.05, 4.69) is 0 Å². The minimum absolute atomic E-state index is 0.329. The van der Waals surface area contributed by atoms with Crippen LogP contribution in [0.5, 0.6) is 0 Å². The molecule has 1 aromatic rings. The molecule has 13 heavy (non-hydrogen) atoms. The summed E-state index contributed by atoms with van der Waals surface area (Å²) in [6.07, 6.45) is -2.58. The molecule has 0 N–H and O–H groups in total. The molecule has 0 heterocycles. The Kier molecular flexibility index (Phi) is 1.68. The molecule has 1 aliphatic carbocycles. The molecule has 68 valence electrons. The van der Waals surface area contributed by atoms with Gasteiger partial charge in [0.1, 0.15) is 0 Å². The van der Waals surface area contributed by atoms with Gasteiger partial charge in [0.2, 0.25) is 0 Å². The zero-order valence-electron chi connectivity index (χ0n) is 6.73. The maximum absolute atomic E-state index is 12.4. The molecule has 0 aromatic heterocycles. The van der Waals surface area contributed by atoms with E-state index in [1.54, 1.807) is 18.2 Å². The number of hydrogen-bond donors (Lipinski definition) is 0. The van der Waals surface area contributed by atoms with E-state index < -0.39 is 11.7 Å². The van der Waals surface area contributed by atoms with E-state index in [1.165, 1.54) is 12.1 Å². The van der Waals surface area contributed by atoms with Gasteiger partial charge in [-0.1, -0.05) is 30.3 Å². The molecule has 0 bridgehead atoms. The van der Waals surface area contributed by atoms with Crippen LogP contribution in [0, 0.1) is 0 Å². The van der Waals surface area contributed by atoms with Gasteiger partial charge in [0.25, 0.3) is 0 Å². The number of halogens is 3. The molecule has 0 aliphatic heterocycles. The van der Waals surface area contributed by atoms with Crippen molar-refractivity contribution >= 4 is 5.57 Å². The van der Waals surface area contributed by atoms with Crippen LogP contribution < -0.4 is 0 Å². The minimum Gasteiger partial charge on any atom is -0.166 e. The standard InChI is InChI=1S/C10H7F3/c11-10(12,13)9-6-5-7-3-1-2-4-8(7)9/h1-4,6H,5H2. The van der Waals surface area contributed by atoms with Gasteiger partial charge in [-0.3, -0.25) is 0 Å². The monoisotopic (exact) mass is 184 g/mol. The van der Waals surface area contributed by atoms with Crippen LogP contribution in [0.1, 0.15) is 11.1 Å². The van der Waals surface area contributed by atoms with Gasteiger partial charge in [0.15, 0.2) is 0 Å². The van der Waals surface area contributed by atoms with Crippen molar-refractivity contribution < 1.29 is 13.2 Å². The second kappa shape index (κ2) is 2.62. The highest BCUT2D eigenvalue weighted by atomic mass is 19.4. The molecule has 0 amide bonds. The van der Waals surface area contributed by atoms with Crippen LogP contribution in [-0.4, -0.2) is 6.18 Å². The molecular weight excluding hydrogens is 177 g/mol. The molecule has 0 nitrogen and oxygen atoms in total. The summed E-state index contributed by atoms with van der Waals surface area (Å²) in [6.45, 7) is 0. The fourth-order valence-corrected chi connectivity index (χ4v) is 1.55. The summed E-state index contributed by atoms with van der Waals surface area (Å²) in [7, 11) is 0. The Balaban J connectivity index is 2.48. The number of rotatable bonds is 0. The van der Waals surface area contributed by atoms with Crippen LogP contribution in [0.3, 0.4) is 0 Å². The smallest absolute Gasteiger partial charge is 0.166 e. The summed E-state index contributed by atoms with van der Waals surface area (Å²) >= 11 is 0. The number of allylic oxidation sites excluding steroid dienone is 2. The van der Waals surface area contributed by atoms with Gasteiger partial charge in [-0.25, -0.2) is 0 Å². The van der Waals surface area contributed by atoms with E-state index in [0.717, 1.165) is 5.56 Å². The Morgan fingerprint density at radius 3 is 2.46 bits per heavy atom. The average Bonchev–Trinajstić information content (AvgIpc) is 2.45. The van der Waals surface area contributed by atoms with Gasteiger partial charge >= 0.3 is 6.18 Å². The van der Waals surface area contributed by atoms with Crippen molar-refractivity contribution in [2.24, 2.45) is 0 Å². The van der Waals surface area contributed by atoms with Gasteiger partial charge in [-0.15, -0.1) is 0 Å².